The van der Waals surface area contributed by atoms with E-state index < -0.39 is 0 Å². The van der Waals surface area contributed by atoms with Crippen LogP contribution in [0, 0.1) is 18.3 Å². The molecular weight excluding hydrogens is 472 g/mol. The second kappa shape index (κ2) is 10.2. The van der Waals surface area contributed by atoms with Gasteiger partial charge in [0.2, 0.25) is 0 Å². The Hall–Kier alpha value is -2.19. The van der Waals surface area contributed by atoms with Crippen molar-refractivity contribution >= 4 is 46.1 Å². The first-order chi connectivity index (χ1) is 16.2. The molecule has 1 aromatic rings. The summed E-state index contributed by atoms with van der Waals surface area (Å²) >= 11 is 6.78. The molecule has 0 aliphatic carbocycles. The van der Waals surface area contributed by atoms with Gasteiger partial charge < -0.3 is 14.4 Å². The van der Waals surface area contributed by atoms with Crippen LogP contribution in [0.2, 0.25) is 0 Å². The number of thiocarbonyl (C=S) groups is 1. The third-order valence-electron chi connectivity index (χ3n) is 6.44. The van der Waals surface area contributed by atoms with Crippen LogP contribution in [0.1, 0.15) is 50.3 Å². The zero-order valence-electron chi connectivity index (χ0n) is 20.0. The second-order valence-corrected chi connectivity index (χ2v) is 10.7. The van der Waals surface area contributed by atoms with Gasteiger partial charge in [-0.05, 0) is 52.2 Å². The van der Waals surface area contributed by atoms with Gasteiger partial charge in [0.1, 0.15) is 21.8 Å². The molecule has 4 heterocycles. The lowest BCUT2D eigenvalue weighted by molar-refractivity contribution is -0.123. The van der Waals surface area contributed by atoms with Crippen molar-refractivity contribution in [2.75, 3.05) is 31.1 Å². The number of carbonyl (C=O) groups is 1. The van der Waals surface area contributed by atoms with E-state index >= 15 is 0 Å². The molecule has 0 radical (unpaired) electrons. The van der Waals surface area contributed by atoms with Crippen LogP contribution in [0.15, 0.2) is 9.70 Å². The number of hydrogen-bond donors (Lipinski definition) is 0. The van der Waals surface area contributed by atoms with Crippen LogP contribution in [0.25, 0.3) is 6.08 Å². The van der Waals surface area contributed by atoms with Crippen molar-refractivity contribution in [3.05, 3.63) is 31.9 Å². The van der Waals surface area contributed by atoms with Crippen molar-refractivity contribution in [2.45, 2.75) is 65.4 Å². The molecule has 0 N–H and O–H groups in total. The predicted octanol–water partition coefficient (Wildman–Crippen LogP) is 3.04. The van der Waals surface area contributed by atoms with Crippen molar-refractivity contribution in [2.24, 2.45) is 0 Å². The summed E-state index contributed by atoms with van der Waals surface area (Å²) < 4.78 is 13.7. The zero-order chi connectivity index (χ0) is 24.6. The molecule has 0 bridgehead atoms. The maximum atomic E-state index is 13.3. The SMILES string of the molecule is CCn1c(N2CC(C)OC(C)C2)c(/C=C2\SC(=S)N(CC3CCCO3)C2=O)c(C)c(C#N)c1=O. The topological polar surface area (TPSA) is 87.8 Å². The van der Waals surface area contributed by atoms with Crippen molar-refractivity contribution in [3.8, 4) is 6.07 Å². The Kier molecular flexibility index (Phi) is 7.48. The van der Waals surface area contributed by atoms with E-state index in [-0.39, 0.29) is 35.3 Å². The van der Waals surface area contributed by atoms with E-state index in [0.717, 1.165) is 18.7 Å². The summed E-state index contributed by atoms with van der Waals surface area (Å²) in [5.74, 6) is 0.558. The smallest absolute Gasteiger partial charge is 0.270 e. The molecule has 0 saturated carbocycles. The summed E-state index contributed by atoms with van der Waals surface area (Å²) in [7, 11) is 0. The molecule has 10 heteroatoms. The predicted molar refractivity (Wildman–Crippen MR) is 137 cm³/mol. The highest BCUT2D eigenvalue weighted by Gasteiger charge is 2.36. The lowest BCUT2D eigenvalue weighted by Gasteiger charge is -2.39. The minimum atomic E-state index is -0.313. The average Bonchev–Trinajstić information content (AvgIpc) is 3.39. The second-order valence-electron chi connectivity index (χ2n) is 8.99. The number of anilines is 1. The number of hydrogen-bond acceptors (Lipinski definition) is 8. The summed E-state index contributed by atoms with van der Waals surface area (Å²) in [6.07, 6.45) is 3.68. The molecule has 3 unspecified atom stereocenters. The highest BCUT2D eigenvalue weighted by molar-refractivity contribution is 8.26. The highest BCUT2D eigenvalue weighted by atomic mass is 32.2. The normalized spacial score (nSPS) is 26.6. The van der Waals surface area contributed by atoms with Crippen LogP contribution in [0.4, 0.5) is 5.82 Å². The number of nitrogens with zero attached hydrogens (tertiary/aromatic N) is 4. The van der Waals surface area contributed by atoms with Gasteiger partial charge in [-0.1, -0.05) is 24.0 Å². The number of nitriles is 1. The maximum absolute atomic E-state index is 13.3. The van der Waals surface area contributed by atoms with Gasteiger partial charge in [0.15, 0.2) is 0 Å². The highest BCUT2D eigenvalue weighted by Crippen LogP contribution is 2.37. The molecule has 3 aliphatic heterocycles. The van der Waals surface area contributed by atoms with Gasteiger partial charge >= 0.3 is 0 Å². The Balaban J connectivity index is 1.81. The summed E-state index contributed by atoms with van der Waals surface area (Å²) in [6.45, 7) is 10.5. The summed E-state index contributed by atoms with van der Waals surface area (Å²) in [5.41, 5.74) is 1.06. The van der Waals surface area contributed by atoms with Crippen LogP contribution in [-0.4, -0.2) is 64.2 Å². The van der Waals surface area contributed by atoms with Gasteiger partial charge in [-0.3, -0.25) is 19.1 Å². The molecule has 1 amide bonds. The molecule has 182 valence electrons. The van der Waals surface area contributed by atoms with Crippen molar-refractivity contribution in [1.82, 2.24) is 9.47 Å². The largest absolute Gasteiger partial charge is 0.376 e. The number of carbonyl (C=O) groups excluding carboxylic acids is 1. The molecule has 4 rings (SSSR count). The third kappa shape index (κ3) is 4.67. The van der Waals surface area contributed by atoms with Crippen molar-refractivity contribution in [3.63, 3.8) is 0 Å². The number of rotatable bonds is 5. The van der Waals surface area contributed by atoms with Crippen LogP contribution in [0.3, 0.4) is 0 Å². The molecule has 3 saturated heterocycles. The Morgan fingerprint density at radius 1 is 1.26 bits per heavy atom. The lowest BCUT2D eigenvalue weighted by atomic mass is 10.0. The minimum Gasteiger partial charge on any atom is -0.376 e. The maximum Gasteiger partial charge on any atom is 0.270 e. The van der Waals surface area contributed by atoms with Gasteiger partial charge in [-0.25, -0.2) is 0 Å². The number of amides is 1. The van der Waals surface area contributed by atoms with Crippen molar-refractivity contribution in [1.29, 1.82) is 5.26 Å². The first-order valence-electron chi connectivity index (χ1n) is 11.7. The molecule has 0 spiro atoms. The quantitative estimate of drug-likeness (QED) is 0.449. The molecule has 8 nitrogen and oxygen atoms in total. The standard InChI is InChI=1S/C24H30N4O4S2/c1-5-27-21(26-11-14(2)32-15(3)12-26)18(16(4)19(10-25)22(27)29)9-20-23(30)28(24(33)34-20)13-17-7-6-8-31-17/h9,14-15,17H,5-8,11-13H2,1-4H3/b20-9-. The van der Waals surface area contributed by atoms with Crippen molar-refractivity contribution < 1.29 is 14.3 Å². The Bertz CT molecular complexity index is 1120. The molecular formula is C24H30N4O4S2. The van der Waals surface area contributed by atoms with Crippen LogP contribution in [0.5, 0.6) is 0 Å². The lowest BCUT2D eigenvalue weighted by Crippen LogP contribution is -2.48. The summed E-state index contributed by atoms with van der Waals surface area (Å²) in [6, 6.07) is 2.08. The van der Waals surface area contributed by atoms with E-state index in [0.29, 0.717) is 53.1 Å². The minimum absolute atomic E-state index is 0.00246. The molecule has 1 aromatic heterocycles. The first kappa shape index (κ1) is 24.9. The van der Waals surface area contributed by atoms with E-state index in [1.807, 2.05) is 20.8 Å². The number of pyridine rings is 1. The van der Waals surface area contributed by atoms with Gasteiger partial charge in [-0.2, -0.15) is 5.26 Å². The molecule has 3 fully saturated rings. The molecule has 34 heavy (non-hydrogen) atoms. The zero-order valence-corrected chi connectivity index (χ0v) is 21.6. The fourth-order valence-electron chi connectivity index (χ4n) is 4.91. The van der Waals surface area contributed by atoms with Crippen LogP contribution in [-0.2, 0) is 20.8 Å². The van der Waals surface area contributed by atoms with Gasteiger partial charge in [0.25, 0.3) is 11.5 Å². The molecule has 3 atom stereocenters. The fourth-order valence-corrected chi connectivity index (χ4v) is 6.17. The van der Waals surface area contributed by atoms with Gasteiger partial charge in [0, 0.05) is 31.8 Å². The monoisotopic (exact) mass is 502 g/mol. The summed E-state index contributed by atoms with van der Waals surface area (Å²) in [4.78, 5) is 30.7. The van der Waals surface area contributed by atoms with Crippen LogP contribution >= 0.6 is 24.0 Å². The van der Waals surface area contributed by atoms with E-state index in [1.165, 1.54) is 11.8 Å². The first-order valence-corrected chi connectivity index (χ1v) is 12.9. The fraction of sp³-hybridized carbons (Fsp3) is 0.583. The summed E-state index contributed by atoms with van der Waals surface area (Å²) in [5, 5.41) is 9.75. The van der Waals surface area contributed by atoms with Crippen LogP contribution < -0.4 is 10.5 Å². The van der Waals surface area contributed by atoms with Gasteiger partial charge in [-0.15, -0.1) is 0 Å². The molecule has 0 aromatic carbocycles. The van der Waals surface area contributed by atoms with E-state index in [4.69, 9.17) is 21.7 Å². The Labute approximate surface area is 209 Å². The Morgan fingerprint density at radius 2 is 1.97 bits per heavy atom. The number of morpholine rings is 1. The van der Waals surface area contributed by atoms with E-state index in [1.54, 1.807) is 22.5 Å². The number of ether oxygens (including phenoxy) is 2. The number of thioether (sulfide) groups is 1. The third-order valence-corrected chi connectivity index (χ3v) is 7.82. The number of aromatic nitrogens is 1. The molecule has 3 aliphatic rings. The average molecular weight is 503 g/mol. The van der Waals surface area contributed by atoms with Gasteiger partial charge in [0.05, 0.1) is 29.8 Å². The Morgan fingerprint density at radius 3 is 2.56 bits per heavy atom. The van der Waals surface area contributed by atoms with E-state index in [2.05, 4.69) is 11.0 Å². The van der Waals surface area contributed by atoms with E-state index in [9.17, 15) is 14.9 Å².